The standard InChI is InChI=1S/C22H36/c1-4-16-9-7-10-19-18-12-11-17-8-5-6-14-21(17,2)20(18)13-15-22(16,19)3/h4,17-20H,5-15H2,1-3H3/b16-4+. The molecule has 6 atom stereocenters. The highest BCUT2D eigenvalue weighted by molar-refractivity contribution is 5.21. The first-order valence-corrected chi connectivity index (χ1v) is 10.3. The van der Waals surface area contributed by atoms with E-state index in [0.717, 1.165) is 23.7 Å². The van der Waals surface area contributed by atoms with Crippen LogP contribution in [-0.4, -0.2) is 0 Å². The summed E-state index contributed by atoms with van der Waals surface area (Å²) in [7, 11) is 0. The van der Waals surface area contributed by atoms with Gasteiger partial charge in [0, 0.05) is 0 Å². The zero-order valence-corrected chi connectivity index (χ0v) is 15.2. The highest BCUT2D eigenvalue weighted by Crippen LogP contribution is 2.66. The third-order valence-corrected chi connectivity index (χ3v) is 9.02. The van der Waals surface area contributed by atoms with Crippen LogP contribution >= 0.6 is 0 Å². The Morgan fingerprint density at radius 2 is 1.73 bits per heavy atom. The fraction of sp³-hybridized carbons (Fsp3) is 0.909. The van der Waals surface area contributed by atoms with E-state index in [4.69, 9.17) is 0 Å². The van der Waals surface area contributed by atoms with Gasteiger partial charge in [0.15, 0.2) is 0 Å². The van der Waals surface area contributed by atoms with Gasteiger partial charge in [-0.3, -0.25) is 0 Å². The maximum atomic E-state index is 2.70. The second kappa shape index (κ2) is 5.38. The van der Waals surface area contributed by atoms with Crippen LogP contribution in [0.4, 0.5) is 0 Å². The second-order valence-electron chi connectivity index (χ2n) is 9.56. The molecule has 0 aromatic rings. The zero-order chi connectivity index (χ0) is 15.4. The minimum absolute atomic E-state index is 0.562. The topological polar surface area (TPSA) is 0 Å². The van der Waals surface area contributed by atoms with Crippen molar-refractivity contribution in [1.82, 2.24) is 0 Å². The molecule has 0 aromatic carbocycles. The molecule has 0 heteroatoms. The number of allylic oxidation sites excluding steroid dienone is 2. The fourth-order valence-electron chi connectivity index (χ4n) is 7.82. The Morgan fingerprint density at radius 1 is 0.864 bits per heavy atom. The Bertz CT molecular complexity index is 461. The molecule has 0 heterocycles. The lowest BCUT2D eigenvalue weighted by molar-refractivity contribution is -0.110. The summed E-state index contributed by atoms with van der Waals surface area (Å²) in [5, 5.41) is 0. The summed E-state index contributed by atoms with van der Waals surface area (Å²) in [6.07, 6.45) is 19.1. The minimum atomic E-state index is 0.562. The van der Waals surface area contributed by atoms with Gasteiger partial charge < -0.3 is 0 Å². The normalized spacial score (nSPS) is 53.5. The maximum absolute atomic E-state index is 2.70. The van der Waals surface area contributed by atoms with Gasteiger partial charge in [-0.2, -0.15) is 0 Å². The van der Waals surface area contributed by atoms with Crippen LogP contribution in [0, 0.1) is 34.5 Å². The van der Waals surface area contributed by atoms with Gasteiger partial charge in [-0.1, -0.05) is 38.3 Å². The van der Waals surface area contributed by atoms with E-state index in [9.17, 15) is 0 Å². The lowest BCUT2D eigenvalue weighted by Crippen LogP contribution is -2.54. The summed E-state index contributed by atoms with van der Waals surface area (Å²) >= 11 is 0. The van der Waals surface area contributed by atoms with Crippen molar-refractivity contribution < 1.29 is 0 Å². The van der Waals surface area contributed by atoms with E-state index in [1.807, 2.05) is 5.57 Å². The Morgan fingerprint density at radius 3 is 2.55 bits per heavy atom. The van der Waals surface area contributed by atoms with Crippen molar-refractivity contribution in [2.45, 2.75) is 91.4 Å². The molecular weight excluding hydrogens is 264 g/mol. The van der Waals surface area contributed by atoms with Gasteiger partial charge in [0.25, 0.3) is 0 Å². The monoisotopic (exact) mass is 300 g/mol. The predicted molar refractivity (Wildman–Crippen MR) is 94.7 cm³/mol. The average Bonchev–Trinajstić information content (AvgIpc) is 2.52. The van der Waals surface area contributed by atoms with Crippen LogP contribution in [0.25, 0.3) is 0 Å². The van der Waals surface area contributed by atoms with E-state index >= 15 is 0 Å². The van der Waals surface area contributed by atoms with Crippen molar-refractivity contribution >= 4 is 0 Å². The first kappa shape index (κ1) is 15.3. The summed E-state index contributed by atoms with van der Waals surface area (Å²) in [5.74, 6) is 4.18. The van der Waals surface area contributed by atoms with Crippen molar-refractivity contribution in [2.24, 2.45) is 34.5 Å². The van der Waals surface area contributed by atoms with Crippen molar-refractivity contribution in [3.8, 4) is 0 Å². The van der Waals surface area contributed by atoms with E-state index in [1.54, 1.807) is 25.7 Å². The van der Waals surface area contributed by atoms with E-state index < -0.39 is 0 Å². The van der Waals surface area contributed by atoms with Gasteiger partial charge in [-0.25, -0.2) is 0 Å². The van der Waals surface area contributed by atoms with Crippen molar-refractivity contribution in [2.75, 3.05) is 0 Å². The number of hydrogen-bond acceptors (Lipinski definition) is 0. The van der Waals surface area contributed by atoms with Crippen LogP contribution in [0.15, 0.2) is 11.6 Å². The van der Waals surface area contributed by atoms with Crippen molar-refractivity contribution in [3.05, 3.63) is 11.6 Å². The van der Waals surface area contributed by atoms with Gasteiger partial charge in [0.05, 0.1) is 0 Å². The first-order valence-electron chi connectivity index (χ1n) is 10.3. The molecule has 4 rings (SSSR count). The fourth-order valence-corrected chi connectivity index (χ4v) is 7.82. The van der Waals surface area contributed by atoms with Gasteiger partial charge in [0.2, 0.25) is 0 Å². The van der Waals surface area contributed by atoms with Crippen LogP contribution in [0.2, 0.25) is 0 Å². The molecule has 124 valence electrons. The van der Waals surface area contributed by atoms with Crippen LogP contribution in [0.5, 0.6) is 0 Å². The van der Waals surface area contributed by atoms with Crippen LogP contribution in [0.1, 0.15) is 91.4 Å². The zero-order valence-electron chi connectivity index (χ0n) is 15.2. The van der Waals surface area contributed by atoms with Gasteiger partial charge in [-0.05, 0) is 99.2 Å². The molecule has 0 aromatic heterocycles. The average molecular weight is 301 g/mol. The molecule has 0 aliphatic heterocycles. The largest absolute Gasteiger partial charge is 0.0879 e. The molecule has 4 fully saturated rings. The summed E-state index contributed by atoms with van der Waals surface area (Å²) in [4.78, 5) is 0. The van der Waals surface area contributed by atoms with E-state index in [1.165, 1.54) is 44.9 Å². The molecule has 0 saturated heterocycles. The molecule has 4 aliphatic carbocycles. The Kier molecular flexibility index (Phi) is 3.74. The van der Waals surface area contributed by atoms with Gasteiger partial charge >= 0.3 is 0 Å². The molecule has 22 heavy (non-hydrogen) atoms. The molecule has 0 bridgehead atoms. The molecule has 6 unspecified atom stereocenters. The lowest BCUT2D eigenvalue weighted by atomic mass is 9.42. The Balaban J connectivity index is 1.66. The summed E-state index contributed by atoms with van der Waals surface area (Å²) in [6.45, 7) is 7.64. The molecule has 0 N–H and O–H groups in total. The van der Waals surface area contributed by atoms with Crippen LogP contribution in [0.3, 0.4) is 0 Å². The molecule has 0 radical (unpaired) electrons. The van der Waals surface area contributed by atoms with Crippen molar-refractivity contribution in [1.29, 1.82) is 0 Å². The highest BCUT2D eigenvalue weighted by Gasteiger charge is 2.57. The Labute approximate surface area is 138 Å². The molecule has 0 amide bonds. The number of rotatable bonds is 0. The van der Waals surface area contributed by atoms with Crippen LogP contribution < -0.4 is 0 Å². The second-order valence-corrected chi connectivity index (χ2v) is 9.56. The van der Waals surface area contributed by atoms with Crippen molar-refractivity contribution in [3.63, 3.8) is 0 Å². The quantitative estimate of drug-likeness (QED) is 0.434. The molecular formula is C22H36. The summed E-state index contributed by atoms with van der Waals surface area (Å²) in [6, 6.07) is 0. The van der Waals surface area contributed by atoms with E-state index in [2.05, 4.69) is 26.8 Å². The number of hydrogen-bond donors (Lipinski definition) is 0. The van der Waals surface area contributed by atoms with E-state index in [-0.39, 0.29) is 0 Å². The molecule has 4 saturated carbocycles. The van der Waals surface area contributed by atoms with Gasteiger partial charge in [-0.15, -0.1) is 0 Å². The highest BCUT2D eigenvalue weighted by atomic mass is 14.6. The predicted octanol–water partition coefficient (Wildman–Crippen LogP) is 6.76. The smallest absolute Gasteiger partial charge is 0.00854 e. The molecule has 0 nitrogen and oxygen atoms in total. The first-order chi connectivity index (χ1) is 10.6. The van der Waals surface area contributed by atoms with Gasteiger partial charge in [0.1, 0.15) is 0 Å². The summed E-state index contributed by atoms with van der Waals surface area (Å²) < 4.78 is 0. The third-order valence-electron chi connectivity index (χ3n) is 9.02. The maximum Gasteiger partial charge on any atom is -0.00854 e. The summed E-state index contributed by atoms with van der Waals surface area (Å²) in [5.41, 5.74) is 3.08. The number of fused-ring (bicyclic) bond motifs is 5. The van der Waals surface area contributed by atoms with E-state index in [0.29, 0.717) is 10.8 Å². The molecule has 4 aliphatic rings. The third kappa shape index (κ3) is 2.01. The SMILES string of the molecule is C/C=C1\CCCC2C3CCC4CCCCC4(C)C3CCC12C. The molecule has 0 spiro atoms. The lowest BCUT2D eigenvalue weighted by Gasteiger charge is -2.62. The van der Waals surface area contributed by atoms with Crippen LogP contribution in [-0.2, 0) is 0 Å². The Hall–Kier alpha value is -0.260. The minimum Gasteiger partial charge on any atom is -0.0879 e.